The maximum atomic E-state index is 13.0. The van der Waals surface area contributed by atoms with Gasteiger partial charge < -0.3 is 4.90 Å². The predicted octanol–water partition coefficient (Wildman–Crippen LogP) is 3.76. The van der Waals surface area contributed by atoms with E-state index in [0.717, 1.165) is 31.1 Å². The zero-order chi connectivity index (χ0) is 22.4. The molecule has 1 saturated heterocycles. The van der Waals surface area contributed by atoms with Gasteiger partial charge in [-0.05, 0) is 61.7 Å². The molecule has 2 aromatic carbocycles. The number of amides is 1. The first-order valence-corrected chi connectivity index (χ1v) is 12.5. The zero-order valence-electron chi connectivity index (χ0n) is 18.1. The molecule has 0 radical (unpaired) electrons. The van der Waals surface area contributed by atoms with Gasteiger partial charge in [-0.25, -0.2) is 13.1 Å². The second-order valence-corrected chi connectivity index (χ2v) is 10.2. The maximum Gasteiger partial charge on any atom is 0.253 e. The predicted molar refractivity (Wildman–Crippen MR) is 124 cm³/mol. The van der Waals surface area contributed by atoms with Gasteiger partial charge in [-0.2, -0.15) is 0 Å². The van der Waals surface area contributed by atoms with Crippen LogP contribution in [0.15, 0.2) is 53.4 Å². The molecule has 6 nitrogen and oxygen atoms in total. The monoisotopic (exact) mass is 463 g/mol. The van der Waals surface area contributed by atoms with E-state index in [1.165, 1.54) is 17.7 Å². The second kappa shape index (κ2) is 10.6. The summed E-state index contributed by atoms with van der Waals surface area (Å²) in [5.74, 6) is -0.0628. The van der Waals surface area contributed by atoms with Gasteiger partial charge in [0.15, 0.2) is 0 Å². The fourth-order valence-corrected chi connectivity index (χ4v) is 5.01. The van der Waals surface area contributed by atoms with E-state index in [4.69, 9.17) is 11.6 Å². The van der Waals surface area contributed by atoms with Gasteiger partial charge in [0.1, 0.15) is 0 Å². The van der Waals surface area contributed by atoms with Gasteiger partial charge in [0.05, 0.1) is 4.90 Å². The molecule has 1 atom stereocenters. The summed E-state index contributed by atoms with van der Waals surface area (Å²) in [5.41, 5.74) is 1.71. The fraction of sp³-hybridized carbons (Fsp3) is 0.435. The molecule has 0 aromatic heterocycles. The van der Waals surface area contributed by atoms with Gasteiger partial charge in [0.25, 0.3) is 5.91 Å². The second-order valence-electron chi connectivity index (χ2n) is 8.00. The van der Waals surface area contributed by atoms with Crippen LogP contribution in [0.5, 0.6) is 0 Å². The number of carbonyl (C=O) groups is 1. The topological polar surface area (TPSA) is 69.7 Å². The number of sulfonamides is 1. The lowest BCUT2D eigenvalue weighted by molar-refractivity contribution is 0.0761. The van der Waals surface area contributed by atoms with Crippen LogP contribution < -0.4 is 4.72 Å². The van der Waals surface area contributed by atoms with Crippen LogP contribution in [0.4, 0.5) is 0 Å². The van der Waals surface area contributed by atoms with Crippen LogP contribution in [0, 0.1) is 0 Å². The molecule has 2 aromatic rings. The summed E-state index contributed by atoms with van der Waals surface area (Å²) in [4.78, 5) is 17.3. The van der Waals surface area contributed by atoms with Crippen molar-refractivity contribution in [2.75, 3.05) is 26.2 Å². The molecule has 1 unspecified atom stereocenters. The lowest BCUT2D eigenvalue weighted by atomic mass is 10.2. The molecule has 0 saturated carbocycles. The van der Waals surface area contributed by atoms with Crippen molar-refractivity contribution in [1.82, 2.24) is 14.5 Å². The molecule has 0 aliphatic carbocycles. The largest absolute Gasteiger partial charge is 0.337 e. The number of rotatable bonds is 7. The summed E-state index contributed by atoms with van der Waals surface area (Å²) >= 11 is 5.96. The van der Waals surface area contributed by atoms with Crippen LogP contribution in [0.3, 0.4) is 0 Å². The first kappa shape index (κ1) is 23.7. The van der Waals surface area contributed by atoms with Crippen molar-refractivity contribution >= 4 is 27.5 Å². The lowest BCUT2D eigenvalue weighted by Gasteiger charge is -2.22. The molecule has 0 bridgehead atoms. The average Bonchev–Trinajstić information content (AvgIpc) is 3.00. The SMILES string of the molecule is CCC(C)NS(=O)(=O)c1ccc(C(=O)N2CCCN(Cc3ccc(Cl)cc3)CC2)cc1. The van der Waals surface area contributed by atoms with E-state index in [0.29, 0.717) is 25.1 Å². The van der Waals surface area contributed by atoms with E-state index in [1.54, 1.807) is 12.1 Å². The van der Waals surface area contributed by atoms with Gasteiger partial charge in [-0.3, -0.25) is 9.69 Å². The minimum absolute atomic E-state index is 0.0628. The van der Waals surface area contributed by atoms with E-state index in [1.807, 2.05) is 43.0 Å². The van der Waals surface area contributed by atoms with Gasteiger partial charge in [-0.15, -0.1) is 0 Å². The Morgan fingerprint density at radius 1 is 1.03 bits per heavy atom. The van der Waals surface area contributed by atoms with Crippen LogP contribution in [-0.2, 0) is 16.6 Å². The Balaban J connectivity index is 1.60. The third-order valence-electron chi connectivity index (χ3n) is 5.58. The summed E-state index contributed by atoms with van der Waals surface area (Å²) in [6.45, 7) is 7.62. The van der Waals surface area contributed by atoms with Gasteiger partial charge in [-0.1, -0.05) is 30.7 Å². The van der Waals surface area contributed by atoms with Crippen molar-refractivity contribution in [3.05, 3.63) is 64.7 Å². The fourth-order valence-electron chi connectivity index (χ4n) is 3.56. The Hall–Kier alpha value is -1.93. The number of hydrogen-bond acceptors (Lipinski definition) is 4. The molecular formula is C23H30ClN3O3S. The summed E-state index contributed by atoms with van der Waals surface area (Å²) in [5, 5.41) is 0.728. The number of nitrogens with one attached hydrogen (secondary N) is 1. The van der Waals surface area contributed by atoms with Gasteiger partial charge >= 0.3 is 0 Å². The van der Waals surface area contributed by atoms with E-state index in [-0.39, 0.29) is 16.8 Å². The first-order valence-electron chi connectivity index (χ1n) is 10.7. The normalized spacial score (nSPS) is 16.7. The third-order valence-corrected chi connectivity index (χ3v) is 7.43. The van der Waals surface area contributed by atoms with Crippen LogP contribution in [0.1, 0.15) is 42.6 Å². The van der Waals surface area contributed by atoms with E-state index >= 15 is 0 Å². The summed E-state index contributed by atoms with van der Waals surface area (Å²) in [6, 6.07) is 13.9. The van der Waals surface area contributed by atoms with Crippen LogP contribution >= 0.6 is 11.6 Å². The third kappa shape index (κ3) is 6.53. The first-order chi connectivity index (χ1) is 14.8. The number of hydrogen-bond donors (Lipinski definition) is 1. The molecule has 31 heavy (non-hydrogen) atoms. The van der Waals surface area contributed by atoms with E-state index < -0.39 is 10.0 Å². The van der Waals surface area contributed by atoms with Crippen molar-refractivity contribution in [2.24, 2.45) is 0 Å². The highest BCUT2D eigenvalue weighted by molar-refractivity contribution is 7.89. The Labute approximate surface area is 190 Å². The Kier molecular flexibility index (Phi) is 8.11. The van der Waals surface area contributed by atoms with Crippen LogP contribution in [-0.4, -0.2) is 56.3 Å². The minimum atomic E-state index is -3.57. The molecule has 1 fully saturated rings. The highest BCUT2D eigenvalue weighted by atomic mass is 35.5. The van der Waals surface area contributed by atoms with Gasteiger partial charge in [0.2, 0.25) is 10.0 Å². The Morgan fingerprint density at radius 3 is 2.35 bits per heavy atom. The Morgan fingerprint density at radius 2 is 1.71 bits per heavy atom. The highest BCUT2D eigenvalue weighted by Crippen LogP contribution is 2.16. The van der Waals surface area contributed by atoms with Crippen molar-refractivity contribution < 1.29 is 13.2 Å². The molecule has 1 aliphatic rings. The number of carbonyl (C=O) groups excluding carboxylic acids is 1. The molecule has 3 rings (SSSR count). The lowest BCUT2D eigenvalue weighted by Crippen LogP contribution is -2.35. The summed E-state index contributed by atoms with van der Waals surface area (Å²) in [7, 11) is -3.57. The van der Waals surface area contributed by atoms with Crippen molar-refractivity contribution in [3.63, 3.8) is 0 Å². The average molecular weight is 464 g/mol. The molecule has 1 aliphatic heterocycles. The molecule has 1 heterocycles. The summed E-state index contributed by atoms with van der Waals surface area (Å²) < 4.78 is 27.5. The maximum absolute atomic E-state index is 13.0. The number of benzene rings is 2. The Bertz CT molecular complexity index is 978. The van der Waals surface area contributed by atoms with E-state index in [2.05, 4.69) is 9.62 Å². The minimum Gasteiger partial charge on any atom is -0.337 e. The number of halogens is 1. The molecule has 168 valence electrons. The van der Waals surface area contributed by atoms with Crippen molar-refractivity contribution in [1.29, 1.82) is 0 Å². The standard InChI is InChI=1S/C23H30ClN3O3S/c1-3-18(2)25-31(29,30)22-11-7-20(8-12-22)23(28)27-14-4-13-26(15-16-27)17-19-5-9-21(24)10-6-19/h5-12,18,25H,3-4,13-17H2,1-2H3. The van der Waals surface area contributed by atoms with Crippen molar-refractivity contribution in [3.8, 4) is 0 Å². The molecular weight excluding hydrogens is 434 g/mol. The van der Waals surface area contributed by atoms with Crippen LogP contribution in [0.2, 0.25) is 5.02 Å². The smallest absolute Gasteiger partial charge is 0.253 e. The van der Waals surface area contributed by atoms with Crippen LogP contribution in [0.25, 0.3) is 0 Å². The molecule has 8 heteroatoms. The molecule has 1 N–H and O–H groups in total. The zero-order valence-corrected chi connectivity index (χ0v) is 19.6. The summed E-state index contributed by atoms with van der Waals surface area (Å²) in [6.07, 6.45) is 1.60. The number of nitrogens with zero attached hydrogens (tertiary/aromatic N) is 2. The highest BCUT2D eigenvalue weighted by Gasteiger charge is 2.22. The quantitative estimate of drug-likeness (QED) is 0.678. The molecule has 0 spiro atoms. The molecule has 1 amide bonds. The van der Waals surface area contributed by atoms with Gasteiger partial charge in [0, 0.05) is 49.4 Å². The van der Waals surface area contributed by atoms with Crippen molar-refractivity contribution in [2.45, 2.75) is 44.2 Å². The van der Waals surface area contributed by atoms with E-state index in [9.17, 15) is 13.2 Å².